The number of morpholine rings is 1. The minimum Gasteiger partial charge on any atom is -0.489 e. The molecule has 100 valence electrons. The molecule has 0 spiro atoms. The number of halogens is 1. The van der Waals surface area contributed by atoms with Crippen molar-refractivity contribution in [3.63, 3.8) is 0 Å². The second-order valence-corrected chi connectivity index (χ2v) is 4.86. The largest absolute Gasteiger partial charge is 0.489 e. The Morgan fingerprint density at radius 1 is 1.56 bits per heavy atom. The quantitative estimate of drug-likeness (QED) is 0.902. The fraction of sp³-hybridized carbons (Fsp3) is 0.538. The Morgan fingerprint density at radius 3 is 3.11 bits per heavy atom. The Balaban J connectivity index is 1.97. The van der Waals surface area contributed by atoms with Gasteiger partial charge in [-0.25, -0.2) is 0 Å². The van der Waals surface area contributed by atoms with Gasteiger partial charge in [-0.3, -0.25) is 0 Å². The van der Waals surface area contributed by atoms with E-state index in [2.05, 4.69) is 11.9 Å². The molecule has 0 radical (unpaired) electrons. The van der Waals surface area contributed by atoms with Crippen LogP contribution in [0, 0.1) is 0 Å². The highest BCUT2D eigenvalue weighted by molar-refractivity contribution is 6.32. The van der Waals surface area contributed by atoms with Gasteiger partial charge in [0.1, 0.15) is 18.5 Å². The smallest absolute Gasteiger partial charge is 0.143 e. The van der Waals surface area contributed by atoms with Gasteiger partial charge in [0.25, 0.3) is 0 Å². The summed E-state index contributed by atoms with van der Waals surface area (Å²) in [4.78, 5) is 2.21. The van der Waals surface area contributed by atoms with Crippen LogP contribution in [0.5, 0.6) is 5.75 Å². The average Bonchev–Trinajstić information content (AvgIpc) is 2.37. The van der Waals surface area contributed by atoms with Crippen molar-refractivity contribution < 1.29 is 14.6 Å². The second-order valence-electron chi connectivity index (χ2n) is 4.45. The number of hydrogen-bond donors (Lipinski definition) is 1. The summed E-state index contributed by atoms with van der Waals surface area (Å²) < 4.78 is 11.3. The van der Waals surface area contributed by atoms with Crippen LogP contribution in [0.1, 0.15) is 5.56 Å². The molecule has 1 atom stereocenters. The van der Waals surface area contributed by atoms with Crippen LogP contribution in [-0.2, 0) is 11.3 Å². The highest BCUT2D eigenvalue weighted by Gasteiger charge is 2.19. The van der Waals surface area contributed by atoms with Gasteiger partial charge in [-0.05, 0) is 13.1 Å². The molecule has 1 fully saturated rings. The van der Waals surface area contributed by atoms with Gasteiger partial charge in [-0.1, -0.05) is 23.7 Å². The molecule has 5 heteroatoms. The molecule has 1 unspecified atom stereocenters. The Kier molecular flexibility index (Phi) is 4.83. The Bertz CT molecular complexity index is 400. The number of rotatable bonds is 4. The molecule has 1 heterocycles. The maximum Gasteiger partial charge on any atom is 0.143 e. The van der Waals surface area contributed by atoms with Gasteiger partial charge in [-0.2, -0.15) is 0 Å². The molecule has 0 aliphatic carbocycles. The third kappa shape index (κ3) is 3.36. The minimum atomic E-state index is -0.0820. The molecular formula is C13H18ClNO3. The molecule has 1 aromatic rings. The van der Waals surface area contributed by atoms with Crippen LogP contribution in [-0.4, -0.2) is 49.5 Å². The van der Waals surface area contributed by atoms with Crippen LogP contribution >= 0.6 is 11.6 Å². The Morgan fingerprint density at radius 2 is 2.39 bits per heavy atom. The molecule has 1 N–H and O–H groups in total. The fourth-order valence-corrected chi connectivity index (χ4v) is 2.23. The molecule has 4 nitrogen and oxygen atoms in total. The highest BCUT2D eigenvalue weighted by Crippen LogP contribution is 2.29. The standard InChI is InChI=1S/C13H18ClNO3/c1-15-5-6-17-11(7-15)9-18-13-10(8-16)3-2-4-12(13)14/h2-4,11,16H,5-9H2,1H3. The van der Waals surface area contributed by atoms with E-state index < -0.39 is 0 Å². The summed E-state index contributed by atoms with van der Waals surface area (Å²) in [5.41, 5.74) is 0.701. The zero-order valence-corrected chi connectivity index (χ0v) is 11.2. The van der Waals surface area contributed by atoms with Crippen LogP contribution < -0.4 is 4.74 Å². The van der Waals surface area contributed by atoms with E-state index in [1.807, 2.05) is 0 Å². The summed E-state index contributed by atoms with van der Waals surface area (Å²) in [6, 6.07) is 5.35. The van der Waals surface area contributed by atoms with Gasteiger partial charge >= 0.3 is 0 Å². The monoisotopic (exact) mass is 271 g/mol. The van der Waals surface area contributed by atoms with E-state index in [4.69, 9.17) is 21.1 Å². The van der Waals surface area contributed by atoms with E-state index in [0.717, 1.165) is 19.7 Å². The lowest BCUT2D eigenvalue weighted by atomic mass is 10.2. The summed E-state index contributed by atoms with van der Waals surface area (Å²) in [6.07, 6.45) is 0.0477. The number of para-hydroxylation sites is 1. The van der Waals surface area contributed by atoms with Crippen molar-refractivity contribution >= 4 is 11.6 Å². The molecular weight excluding hydrogens is 254 g/mol. The van der Waals surface area contributed by atoms with Gasteiger partial charge in [0.2, 0.25) is 0 Å². The molecule has 1 aliphatic heterocycles. The fourth-order valence-electron chi connectivity index (χ4n) is 1.98. The molecule has 0 amide bonds. The lowest BCUT2D eigenvalue weighted by molar-refractivity contribution is -0.0405. The van der Waals surface area contributed by atoms with Crippen molar-refractivity contribution in [2.24, 2.45) is 0 Å². The Hall–Kier alpha value is -0.810. The van der Waals surface area contributed by atoms with Crippen LogP contribution in [0.2, 0.25) is 5.02 Å². The van der Waals surface area contributed by atoms with E-state index in [1.54, 1.807) is 18.2 Å². The number of nitrogens with zero attached hydrogens (tertiary/aromatic N) is 1. The van der Waals surface area contributed by atoms with E-state index in [-0.39, 0.29) is 12.7 Å². The normalized spacial score (nSPS) is 20.9. The zero-order chi connectivity index (χ0) is 13.0. The maximum absolute atomic E-state index is 9.24. The third-order valence-electron chi connectivity index (χ3n) is 2.97. The lowest BCUT2D eigenvalue weighted by Crippen LogP contribution is -2.42. The summed E-state index contributed by atoms with van der Waals surface area (Å²) in [5.74, 6) is 0.554. The molecule has 2 rings (SSSR count). The van der Waals surface area contributed by atoms with Crippen LogP contribution in [0.4, 0.5) is 0 Å². The minimum absolute atomic E-state index is 0.0477. The number of aliphatic hydroxyl groups is 1. The van der Waals surface area contributed by atoms with Gasteiger partial charge in [0, 0.05) is 18.7 Å². The first-order valence-electron chi connectivity index (χ1n) is 6.02. The summed E-state index contributed by atoms with van der Waals surface area (Å²) in [5, 5.41) is 9.76. The molecule has 0 bridgehead atoms. The SMILES string of the molecule is CN1CCOC(COc2c(Cl)cccc2CO)C1. The van der Waals surface area contributed by atoms with E-state index in [0.29, 0.717) is 22.9 Å². The maximum atomic E-state index is 9.24. The number of ether oxygens (including phenoxy) is 2. The number of benzene rings is 1. The van der Waals surface area contributed by atoms with Crippen LogP contribution in [0.3, 0.4) is 0 Å². The molecule has 1 aliphatic rings. The molecule has 1 saturated heterocycles. The summed E-state index contributed by atoms with van der Waals surface area (Å²) in [7, 11) is 2.06. The van der Waals surface area contributed by atoms with Crippen molar-refractivity contribution in [1.29, 1.82) is 0 Å². The number of hydrogen-bond acceptors (Lipinski definition) is 4. The zero-order valence-electron chi connectivity index (χ0n) is 10.4. The number of aliphatic hydroxyl groups excluding tert-OH is 1. The highest BCUT2D eigenvalue weighted by atomic mass is 35.5. The van der Waals surface area contributed by atoms with Crippen molar-refractivity contribution in [2.45, 2.75) is 12.7 Å². The summed E-state index contributed by atoms with van der Waals surface area (Å²) in [6.45, 7) is 2.88. The van der Waals surface area contributed by atoms with E-state index in [1.165, 1.54) is 0 Å². The Labute approximate surface area is 112 Å². The van der Waals surface area contributed by atoms with Crippen molar-refractivity contribution in [3.8, 4) is 5.75 Å². The second kappa shape index (κ2) is 6.38. The first-order chi connectivity index (χ1) is 8.70. The molecule has 1 aromatic carbocycles. The first kappa shape index (κ1) is 13.6. The predicted molar refractivity (Wildman–Crippen MR) is 70.1 cm³/mol. The van der Waals surface area contributed by atoms with Crippen LogP contribution in [0.25, 0.3) is 0 Å². The van der Waals surface area contributed by atoms with Crippen molar-refractivity contribution in [1.82, 2.24) is 4.90 Å². The predicted octanol–water partition coefficient (Wildman–Crippen LogP) is 1.54. The molecule has 0 aromatic heterocycles. The topological polar surface area (TPSA) is 41.9 Å². The van der Waals surface area contributed by atoms with Gasteiger partial charge in [0.15, 0.2) is 0 Å². The third-order valence-corrected chi connectivity index (χ3v) is 3.27. The van der Waals surface area contributed by atoms with Crippen molar-refractivity contribution in [3.05, 3.63) is 28.8 Å². The first-order valence-corrected chi connectivity index (χ1v) is 6.39. The van der Waals surface area contributed by atoms with Gasteiger partial charge < -0.3 is 19.5 Å². The van der Waals surface area contributed by atoms with E-state index in [9.17, 15) is 5.11 Å². The van der Waals surface area contributed by atoms with E-state index >= 15 is 0 Å². The lowest BCUT2D eigenvalue weighted by Gasteiger charge is -2.30. The number of likely N-dealkylation sites (N-methyl/N-ethyl adjacent to an activating group) is 1. The van der Waals surface area contributed by atoms with Crippen molar-refractivity contribution in [2.75, 3.05) is 33.4 Å². The molecule has 18 heavy (non-hydrogen) atoms. The summed E-state index contributed by atoms with van der Waals surface area (Å²) >= 11 is 6.07. The molecule has 0 saturated carbocycles. The van der Waals surface area contributed by atoms with Crippen LogP contribution in [0.15, 0.2) is 18.2 Å². The van der Waals surface area contributed by atoms with Gasteiger partial charge in [-0.15, -0.1) is 0 Å². The van der Waals surface area contributed by atoms with Gasteiger partial charge in [0.05, 0.1) is 18.2 Å². The average molecular weight is 272 g/mol.